The Labute approximate surface area is 259 Å². The highest BCUT2D eigenvalue weighted by atomic mass is 19.4. The number of H-pyrrole nitrogens is 1. The summed E-state index contributed by atoms with van der Waals surface area (Å²) in [5, 5.41) is 11.4. The second kappa shape index (κ2) is 15.4. The summed E-state index contributed by atoms with van der Waals surface area (Å²) in [6, 6.07) is 27.8. The molecule has 5 N–H and O–H groups in total. The molecule has 5 rings (SSSR count). The molecule has 45 heavy (non-hydrogen) atoms. The van der Waals surface area contributed by atoms with Gasteiger partial charge in [0.05, 0.1) is 6.54 Å². The first-order valence-electron chi connectivity index (χ1n) is 14.8. The van der Waals surface area contributed by atoms with E-state index in [-0.39, 0.29) is 24.2 Å². The summed E-state index contributed by atoms with van der Waals surface area (Å²) >= 11 is 0. The normalized spacial score (nSPS) is 14.8. The smallest absolute Gasteiger partial charge is 0.475 e. The lowest BCUT2D eigenvalue weighted by atomic mass is 9.88. The van der Waals surface area contributed by atoms with E-state index in [0.717, 1.165) is 52.5 Å². The van der Waals surface area contributed by atoms with Crippen molar-refractivity contribution >= 4 is 28.7 Å². The van der Waals surface area contributed by atoms with E-state index >= 15 is 0 Å². The van der Waals surface area contributed by atoms with Crippen LogP contribution in [0.5, 0.6) is 0 Å². The van der Waals surface area contributed by atoms with E-state index in [1.165, 1.54) is 0 Å². The Morgan fingerprint density at radius 2 is 1.51 bits per heavy atom. The zero-order chi connectivity index (χ0) is 32.4. The van der Waals surface area contributed by atoms with Crippen molar-refractivity contribution in [3.05, 3.63) is 107 Å². The number of carbonyl (C=O) groups is 3. The molecule has 3 aromatic carbocycles. The summed E-state index contributed by atoms with van der Waals surface area (Å²) in [7, 11) is 0. The van der Waals surface area contributed by atoms with Crippen LogP contribution in [0.4, 0.5) is 13.2 Å². The van der Waals surface area contributed by atoms with Crippen LogP contribution in [0.1, 0.15) is 54.0 Å². The fourth-order valence-electron chi connectivity index (χ4n) is 5.57. The molecule has 0 fully saturated rings. The highest BCUT2D eigenvalue weighted by Gasteiger charge is 2.38. The highest BCUT2D eigenvalue weighted by molar-refractivity contribution is 5.91. The van der Waals surface area contributed by atoms with Crippen molar-refractivity contribution in [2.75, 3.05) is 13.1 Å². The van der Waals surface area contributed by atoms with Crippen molar-refractivity contribution in [1.29, 1.82) is 0 Å². The maximum absolute atomic E-state index is 13.7. The number of carboxylic acid groups (broad SMARTS) is 1. The van der Waals surface area contributed by atoms with Crippen LogP contribution in [0.3, 0.4) is 0 Å². The van der Waals surface area contributed by atoms with E-state index in [9.17, 15) is 22.8 Å². The lowest BCUT2D eigenvalue weighted by molar-refractivity contribution is -0.192. The number of rotatable bonds is 10. The van der Waals surface area contributed by atoms with E-state index < -0.39 is 18.2 Å². The first-order chi connectivity index (χ1) is 21.6. The van der Waals surface area contributed by atoms with Gasteiger partial charge in [0.25, 0.3) is 0 Å². The molecule has 0 bridgehead atoms. The van der Waals surface area contributed by atoms with Gasteiger partial charge in [-0.2, -0.15) is 13.2 Å². The fraction of sp³-hybridized carbons (Fsp3) is 0.324. The minimum Gasteiger partial charge on any atom is -0.475 e. The molecule has 0 unspecified atom stereocenters. The van der Waals surface area contributed by atoms with Gasteiger partial charge < -0.3 is 26.0 Å². The van der Waals surface area contributed by atoms with E-state index in [1.807, 2.05) is 53.4 Å². The third-order valence-corrected chi connectivity index (χ3v) is 7.77. The Balaban J connectivity index is 0.000000591. The number of nitrogens with two attached hydrogens (primary N) is 1. The Kier molecular flexibility index (Phi) is 11.4. The maximum atomic E-state index is 13.7. The molecule has 1 aliphatic rings. The number of aliphatic carboxylic acids is 1. The van der Waals surface area contributed by atoms with Crippen molar-refractivity contribution in [3.8, 4) is 0 Å². The van der Waals surface area contributed by atoms with Crippen LogP contribution in [-0.2, 0) is 27.3 Å². The van der Waals surface area contributed by atoms with Gasteiger partial charge in [0.2, 0.25) is 11.8 Å². The molecule has 0 saturated carbocycles. The predicted octanol–water partition coefficient (Wildman–Crippen LogP) is 5.52. The molecule has 11 heteroatoms. The van der Waals surface area contributed by atoms with Crippen LogP contribution in [0.2, 0.25) is 0 Å². The number of carboxylic acids is 1. The molecule has 0 saturated heterocycles. The molecule has 8 nitrogen and oxygen atoms in total. The van der Waals surface area contributed by atoms with Gasteiger partial charge in [-0.15, -0.1) is 0 Å². The average Bonchev–Trinajstić information content (AvgIpc) is 3.31. The molecule has 0 aliphatic carbocycles. The van der Waals surface area contributed by atoms with E-state index in [4.69, 9.17) is 15.6 Å². The molecule has 1 atom stereocenters. The molecule has 1 aromatic heterocycles. The van der Waals surface area contributed by atoms with Gasteiger partial charge in [-0.3, -0.25) is 9.59 Å². The quantitative estimate of drug-likeness (QED) is 0.173. The molecule has 1 aliphatic heterocycles. The van der Waals surface area contributed by atoms with Crippen molar-refractivity contribution in [2.45, 2.75) is 56.8 Å². The van der Waals surface area contributed by atoms with Gasteiger partial charge in [0.15, 0.2) is 0 Å². The van der Waals surface area contributed by atoms with Crippen molar-refractivity contribution in [3.63, 3.8) is 0 Å². The number of halogens is 3. The van der Waals surface area contributed by atoms with Crippen LogP contribution in [0, 0.1) is 0 Å². The molecule has 238 valence electrons. The van der Waals surface area contributed by atoms with Crippen LogP contribution in [-0.4, -0.2) is 58.1 Å². The van der Waals surface area contributed by atoms with Crippen LogP contribution in [0.25, 0.3) is 10.9 Å². The Morgan fingerprint density at radius 3 is 2.09 bits per heavy atom. The van der Waals surface area contributed by atoms with Gasteiger partial charge in [-0.25, -0.2) is 4.79 Å². The van der Waals surface area contributed by atoms with Crippen LogP contribution in [0.15, 0.2) is 84.9 Å². The zero-order valence-electron chi connectivity index (χ0n) is 24.7. The summed E-state index contributed by atoms with van der Waals surface area (Å²) in [6.45, 7) is 1.83. The second-order valence-corrected chi connectivity index (χ2v) is 10.9. The number of benzene rings is 3. The number of aromatic amines is 1. The minimum atomic E-state index is -5.08. The molecule has 4 aromatic rings. The third-order valence-electron chi connectivity index (χ3n) is 7.77. The summed E-state index contributed by atoms with van der Waals surface area (Å²) in [5.41, 5.74) is 11.1. The second-order valence-electron chi connectivity index (χ2n) is 10.9. The number of hydrogen-bond donors (Lipinski definition) is 4. The average molecular weight is 623 g/mol. The Morgan fingerprint density at radius 1 is 0.933 bits per heavy atom. The predicted molar refractivity (Wildman–Crippen MR) is 165 cm³/mol. The van der Waals surface area contributed by atoms with E-state index in [2.05, 4.69) is 46.7 Å². The van der Waals surface area contributed by atoms with E-state index in [0.29, 0.717) is 26.1 Å². The van der Waals surface area contributed by atoms with E-state index in [1.54, 1.807) is 0 Å². The van der Waals surface area contributed by atoms with Crippen molar-refractivity contribution < 1.29 is 32.7 Å². The number of carbonyl (C=O) groups excluding carboxylic acids is 2. The number of aromatic nitrogens is 1. The number of unbranched alkanes of at least 4 members (excludes halogenated alkanes) is 2. The number of para-hydroxylation sites is 1. The molecular formula is C34H37F3N4O4. The SMILES string of the molecule is NCCCCCN1Cc2[nH]c3ccccc3c2C[C@@H](NC(=O)CC(c2ccccc2)c2ccccc2)C1=O.O=C(O)C(F)(F)F. The lowest BCUT2D eigenvalue weighted by Gasteiger charge is -2.26. The number of nitrogens with one attached hydrogen (secondary N) is 2. The van der Waals surface area contributed by atoms with Gasteiger partial charge in [0.1, 0.15) is 6.04 Å². The number of amides is 2. The third kappa shape index (κ3) is 8.95. The summed E-state index contributed by atoms with van der Waals surface area (Å²) in [5.74, 6) is -2.98. The van der Waals surface area contributed by atoms with Gasteiger partial charge in [-0.05, 0) is 42.1 Å². The van der Waals surface area contributed by atoms with Gasteiger partial charge >= 0.3 is 12.1 Å². The first-order valence-corrected chi connectivity index (χ1v) is 14.8. The standard InChI is InChI=1S/C32H36N4O2.C2HF3O2/c33-18-10-3-11-19-36-22-30-27(25-16-8-9-17-28(25)34-30)20-29(32(36)38)35-31(37)21-26(23-12-4-1-5-13-23)24-14-6-2-7-15-24;3-2(4,5)1(6)7/h1-2,4-9,12-17,26,29,34H,3,10-11,18-22,33H2,(H,35,37);(H,6,7)/t29-;/m1./s1. The molecule has 2 heterocycles. The first kappa shape index (κ1) is 33.3. The summed E-state index contributed by atoms with van der Waals surface area (Å²) in [6.07, 6.45) is -1.52. The number of alkyl halides is 3. The molecule has 0 spiro atoms. The minimum absolute atomic E-state index is 0.0178. The van der Waals surface area contributed by atoms with Gasteiger partial charge in [0, 0.05) is 41.9 Å². The molecule has 2 amide bonds. The van der Waals surface area contributed by atoms with Crippen LogP contribution >= 0.6 is 0 Å². The lowest BCUT2D eigenvalue weighted by Crippen LogP contribution is -2.48. The van der Waals surface area contributed by atoms with Crippen molar-refractivity contribution in [1.82, 2.24) is 15.2 Å². The van der Waals surface area contributed by atoms with Gasteiger partial charge in [-0.1, -0.05) is 85.3 Å². The Bertz CT molecular complexity index is 1540. The summed E-state index contributed by atoms with van der Waals surface area (Å²) in [4.78, 5) is 41.6. The maximum Gasteiger partial charge on any atom is 0.490 e. The number of hydrogen-bond acceptors (Lipinski definition) is 4. The fourth-order valence-corrected chi connectivity index (χ4v) is 5.57. The molecular weight excluding hydrogens is 585 g/mol. The van der Waals surface area contributed by atoms with Crippen LogP contribution < -0.4 is 11.1 Å². The number of fused-ring (bicyclic) bond motifs is 3. The molecule has 0 radical (unpaired) electrons. The van der Waals surface area contributed by atoms with Crippen molar-refractivity contribution in [2.24, 2.45) is 5.73 Å². The zero-order valence-corrected chi connectivity index (χ0v) is 24.7. The highest BCUT2D eigenvalue weighted by Crippen LogP contribution is 2.30. The Hall–Kier alpha value is -4.64. The topological polar surface area (TPSA) is 129 Å². The number of nitrogens with zero attached hydrogens (tertiary/aromatic N) is 1. The largest absolute Gasteiger partial charge is 0.490 e. The monoisotopic (exact) mass is 622 g/mol. The summed E-state index contributed by atoms with van der Waals surface area (Å²) < 4.78 is 31.7.